The molecule has 0 spiro atoms. The minimum absolute atomic E-state index is 0.162. The second-order valence-electron chi connectivity index (χ2n) is 7.19. The van der Waals surface area contributed by atoms with Crippen LogP contribution in [-0.4, -0.2) is 48.2 Å². The molecule has 0 saturated carbocycles. The molecule has 160 valence electrons. The van der Waals surface area contributed by atoms with E-state index >= 15 is 0 Å². The maximum absolute atomic E-state index is 12.4. The van der Waals surface area contributed by atoms with Crippen molar-refractivity contribution in [2.45, 2.75) is 6.04 Å². The van der Waals surface area contributed by atoms with Crippen LogP contribution >= 0.6 is 0 Å². The molecular weight excluding hydrogens is 394 g/mol. The zero-order valence-corrected chi connectivity index (χ0v) is 17.0. The van der Waals surface area contributed by atoms with Crippen LogP contribution in [-0.2, 0) is 9.53 Å². The number of nitrogen functional groups attached to an aromatic ring is 2. The van der Waals surface area contributed by atoms with Crippen molar-refractivity contribution in [1.29, 1.82) is 0 Å². The van der Waals surface area contributed by atoms with Crippen molar-refractivity contribution in [3.63, 3.8) is 0 Å². The molecule has 0 amide bonds. The fourth-order valence-corrected chi connectivity index (χ4v) is 3.74. The molecule has 9 nitrogen and oxygen atoms in total. The van der Waals surface area contributed by atoms with Crippen molar-refractivity contribution in [3.05, 3.63) is 55.1 Å². The molecule has 31 heavy (non-hydrogen) atoms. The first-order valence-corrected chi connectivity index (χ1v) is 10.00. The van der Waals surface area contributed by atoms with Crippen LogP contribution in [0.15, 0.2) is 55.1 Å². The summed E-state index contributed by atoms with van der Waals surface area (Å²) < 4.78 is 5.27. The largest absolute Gasteiger partial charge is 0.460 e. The zero-order chi connectivity index (χ0) is 21.8. The monoisotopic (exact) mass is 419 g/mol. The standard InChI is InChI=1S/C22H25N7O2/c1-2-11-31-21(30)19-13-25-9-10-29(19)16-6-3-14(4-7-16)15-5-8-18-17(12-15)20(28-24)27-22(23)26-18/h2-8,12,19,25H,1,9-11,13,24H2,(H3,23,26,27,28). The Hall–Kier alpha value is -3.69. The number of nitrogens with one attached hydrogen (secondary N) is 2. The number of hydrogen-bond donors (Lipinski definition) is 4. The Labute approximate surface area is 180 Å². The SMILES string of the molecule is C=CCOC(=O)C1CNCCN1c1ccc(-c2ccc3nc(N)nc(NN)c3c2)cc1. The van der Waals surface area contributed by atoms with Crippen LogP contribution < -0.4 is 27.2 Å². The lowest BCUT2D eigenvalue weighted by atomic mass is 10.0. The van der Waals surface area contributed by atoms with Gasteiger partial charge in [0.15, 0.2) is 5.82 Å². The smallest absolute Gasteiger partial charge is 0.330 e. The highest BCUT2D eigenvalue weighted by molar-refractivity contribution is 5.93. The third-order valence-electron chi connectivity index (χ3n) is 5.24. The maximum atomic E-state index is 12.4. The van der Waals surface area contributed by atoms with E-state index < -0.39 is 0 Å². The number of anilines is 3. The van der Waals surface area contributed by atoms with Crippen LogP contribution in [0.5, 0.6) is 0 Å². The molecule has 2 aromatic carbocycles. The Bertz CT molecular complexity index is 1100. The van der Waals surface area contributed by atoms with Crippen LogP contribution in [0.3, 0.4) is 0 Å². The van der Waals surface area contributed by atoms with E-state index in [4.69, 9.17) is 16.3 Å². The van der Waals surface area contributed by atoms with Crippen molar-refractivity contribution >= 4 is 34.3 Å². The Morgan fingerprint density at radius 2 is 2.03 bits per heavy atom. The number of carbonyl (C=O) groups is 1. The molecule has 1 fully saturated rings. The van der Waals surface area contributed by atoms with Gasteiger partial charge in [0, 0.05) is 30.7 Å². The molecule has 1 aliphatic rings. The average Bonchev–Trinajstić information content (AvgIpc) is 2.81. The Kier molecular flexibility index (Phi) is 5.96. The molecule has 0 bridgehead atoms. The molecule has 1 atom stereocenters. The number of nitrogens with two attached hydrogens (primary N) is 2. The number of rotatable bonds is 6. The molecule has 3 aromatic rings. The molecule has 1 unspecified atom stereocenters. The molecule has 2 heterocycles. The summed E-state index contributed by atoms with van der Waals surface area (Å²) in [6.07, 6.45) is 1.57. The average molecular weight is 419 g/mol. The van der Waals surface area contributed by atoms with E-state index in [1.807, 2.05) is 42.5 Å². The fourth-order valence-electron chi connectivity index (χ4n) is 3.74. The maximum Gasteiger partial charge on any atom is 0.330 e. The van der Waals surface area contributed by atoms with E-state index in [0.717, 1.165) is 28.7 Å². The predicted molar refractivity (Wildman–Crippen MR) is 122 cm³/mol. The number of nitrogens with zero attached hydrogens (tertiary/aromatic N) is 3. The summed E-state index contributed by atoms with van der Waals surface area (Å²) >= 11 is 0. The van der Waals surface area contributed by atoms with Gasteiger partial charge >= 0.3 is 5.97 Å². The minimum atomic E-state index is -0.374. The third kappa shape index (κ3) is 4.27. The number of hydrogen-bond acceptors (Lipinski definition) is 9. The number of aromatic nitrogens is 2. The molecule has 1 aromatic heterocycles. The van der Waals surface area contributed by atoms with Crippen LogP contribution in [0.25, 0.3) is 22.0 Å². The van der Waals surface area contributed by atoms with Gasteiger partial charge in [-0.05, 0) is 35.4 Å². The third-order valence-corrected chi connectivity index (χ3v) is 5.24. The van der Waals surface area contributed by atoms with Gasteiger partial charge < -0.3 is 26.1 Å². The van der Waals surface area contributed by atoms with Crippen LogP contribution in [0.2, 0.25) is 0 Å². The van der Waals surface area contributed by atoms with Crippen LogP contribution in [0.4, 0.5) is 17.5 Å². The first-order chi connectivity index (χ1) is 15.1. The summed E-state index contributed by atoms with van der Waals surface area (Å²) in [6.45, 7) is 5.86. The quantitative estimate of drug-likeness (QED) is 0.204. The topological polar surface area (TPSA) is 131 Å². The normalized spacial score (nSPS) is 16.2. The summed E-state index contributed by atoms with van der Waals surface area (Å²) in [6, 6.07) is 13.5. The van der Waals surface area contributed by atoms with E-state index in [1.165, 1.54) is 0 Å². The fraction of sp³-hybridized carbons (Fsp3) is 0.227. The molecule has 9 heteroatoms. The summed E-state index contributed by atoms with van der Waals surface area (Å²) in [5, 5.41) is 4.04. The Morgan fingerprint density at radius 3 is 2.77 bits per heavy atom. The summed E-state index contributed by atoms with van der Waals surface area (Å²) in [7, 11) is 0. The van der Waals surface area contributed by atoms with E-state index in [-0.39, 0.29) is 24.6 Å². The highest BCUT2D eigenvalue weighted by Crippen LogP contribution is 2.29. The number of benzene rings is 2. The van der Waals surface area contributed by atoms with Crippen molar-refractivity contribution in [2.24, 2.45) is 5.84 Å². The van der Waals surface area contributed by atoms with Gasteiger partial charge in [-0.2, -0.15) is 4.98 Å². The lowest BCUT2D eigenvalue weighted by molar-refractivity contribution is -0.144. The number of piperazine rings is 1. The number of hydrazine groups is 1. The van der Waals surface area contributed by atoms with Gasteiger partial charge in [0.1, 0.15) is 12.6 Å². The molecule has 4 rings (SSSR count). The second kappa shape index (κ2) is 8.99. The molecule has 1 saturated heterocycles. The van der Waals surface area contributed by atoms with E-state index in [2.05, 4.69) is 32.2 Å². The van der Waals surface area contributed by atoms with Crippen LogP contribution in [0, 0.1) is 0 Å². The highest BCUT2D eigenvalue weighted by Gasteiger charge is 2.30. The molecule has 6 N–H and O–H groups in total. The van der Waals surface area contributed by atoms with Gasteiger partial charge in [-0.15, -0.1) is 0 Å². The van der Waals surface area contributed by atoms with Crippen LogP contribution in [0.1, 0.15) is 0 Å². The highest BCUT2D eigenvalue weighted by atomic mass is 16.5. The first-order valence-electron chi connectivity index (χ1n) is 10.00. The Balaban J connectivity index is 1.61. The van der Waals surface area contributed by atoms with Gasteiger partial charge in [-0.1, -0.05) is 30.9 Å². The minimum Gasteiger partial charge on any atom is -0.460 e. The summed E-state index contributed by atoms with van der Waals surface area (Å²) in [4.78, 5) is 22.9. The molecule has 0 aliphatic carbocycles. The van der Waals surface area contributed by atoms with Crippen molar-refractivity contribution in [2.75, 3.05) is 42.3 Å². The lowest BCUT2D eigenvalue weighted by Crippen LogP contribution is -2.55. The lowest BCUT2D eigenvalue weighted by Gasteiger charge is -2.36. The molecule has 0 radical (unpaired) electrons. The van der Waals surface area contributed by atoms with Gasteiger partial charge in [0.25, 0.3) is 0 Å². The first kappa shape index (κ1) is 20.6. The van der Waals surface area contributed by atoms with Gasteiger partial charge in [0.05, 0.1) is 5.52 Å². The van der Waals surface area contributed by atoms with Gasteiger partial charge in [-0.25, -0.2) is 15.6 Å². The van der Waals surface area contributed by atoms with Crippen molar-refractivity contribution in [3.8, 4) is 11.1 Å². The van der Waals surface area contributed by atoms with Crippen molar-refractivity contribution < 1.29 is 9.53 Å². The predicted octanol–water partition coefficient (Wildman–Crippen LogP) is 1.67. The number of esters is 1. The van der Waals surface area contributed by atoms with Crippen molar-refractivity contribution in [1.82, 2.24) is 15.3 Å². The summed E-state index contributed by atoms with van der Waals surface area (Å²) in [5.41, 5.74) is 12.0. The number of ether oxygens (including phenoxy) is 1. The van der Waals surface area contributed by atoms with Gasteiger partial charge in [-0.3, -0.25) is 0 Å². The Morgan fingerprint density at radius 1 is 1.26 bits per heavy atom. The van der Waals surface area contributed by atoms with E-state index in [0.29, 0.717) is 24.4 Å². The number of carbonyl (C=O) groups excluding carboxylic acids is 1. The summed E-state index contributed by atoms with van der Waals surface area (Å²) in [5.74, 6) is 5.97. The van der Waals surface area contributed by atoms with E-state index in [1.54, 1.807) is 6.08 Å². The number of fused-ring (bicyclic) bond motifs is 1. The van der Waals surface area contributed by atoms with E-state index in [9.17, 15) is 4.79 Å². The second-order valence-corrected chi connectivity index (χ2v) is 7.19. The molecular formula is C22H25N7O2. The zero-order valence-electron chi connectivity index (χ0n) is 17.0. The molecule has 1 aliphatic heterocycles. The van der Waals surface area contributed by atoms with Gasteiger partial charge in [0.2, 0.25) is 5.95 Å².